The molecule has 1 aromatic rings. The highest BCUT2D eigenvalue weighted by Gasteiger charge is 2.25. The monoisotopic (exact) mass is 276 g/mol. The first-order chi connectivity index (χ1) is 9.81. The molecular formula is C17H28N2O. The van der Waals surface area contributed by atoms with Gasteiger partial charge in [-0.1, -0.05) is 56.5 Å². The van der Waals surface area contributed by atoms with Crippen molar-refractivity contribution in [3.8, 4) is 0 Å². The number of β-amino-alcohol motifs (C(OH)–C–C–N with tert-alkyl or cyclic N) is 1. The van der Waals surface area contributed by atoms with E-state index in [4.69, 9.17) is 0 Å². The fraction of sp³-hybridized carbons (Fsp3) is 0.647. The Morgan fingerprint density at radius 1 is 1.30 bits per heavy atom. The van der Waals surface area contributed by atoms with E-state index in [1.807, 2.05) is 0 Å². The number of hydrogen-bond acceptors (Lipinski definition) is 3. The SMILES string of the molecule is CCCCCC(O)CN1CCNCC1c1ccccc1. The van der Waals surface area contributed by atoms with Crippen LogP contribution >= 0.6 is 0 Å². The van der Waals surface area contributed by atoms with Crippen LogP contribution in [-0.4, -0.2) is 42.3 Å². The van der Waals surface area contributed by atoms with Crippen molar-refractivity contribution in [2.75, 3.05) is 26.2 Å². The van der Waals surface area contributed by atoms with Gasteiger partial charge in [-0.15, -0.1) is 0 Å². The molecular weight excluding hydrogens is 248 g/mol. The van der Waals surface area contributed by atoms with E-state index in [2.05, 4.69) is 47.5 Å². The Morgan fingerprint density at radius 3 is 2.85 bits per heavy atom. The lowest BCUT2D eigenvalue weighted by Gasteiger charge is -2.37. The van der Waals surface area contributed by atoms with Crippen molar-refractivity contribution in [3.05, 3.63) is 35.9 Å². The average molecular weight is 276 g/mol. The van der Waals surface area contributed by atoms with Gasteiger partial charge in [0.1, 0.15) is 0 Å². The van der Waals surface area contributed by atoms with Crippen LogP contribution in [0.15, 0.2) is 30.3 Å². The third-order valence-electron chi connectivity index (χ3n) is 4.12. The predicted octanol–water partition coefficient (Wildman–Crippen LogP) is 2.57. The molecule has 0 bridgehead atoms. The Hall–Kier alpha value is -0.900. The van der Waals surface area contributed by atoms with Crippen LogP contribution in [0.3, 0.4) is 0 Å². The summed E-state index contributed by atoms with van der Waals surface area (Å²) in [4.78, 5) is 2.43. The molecule has 2 rings (SSSR count). The Kier molecular flexibility index (Phi) is 6.51. The van der Waals surface area contributed by atoms with Gasteiger partial charge in [-0.25, -0.2) is 0 Å². The zero-order chi connectivity index (χ0) is 14.2. The van der Waals surface area contributed by atoms with E-state index in [-0.39, 0.29) is 6.10 Å². The zero-order valence-electron chi connectivity index (χ0n) is 12.6. The summed E-state index contributed by atoms with van der Waals surface area (Å²) in [5, 5.41) is 13.7. The predicted molar refractivity (Wildman–Crippen MR) is 83.8 cm³/mol. The lowest BCUT2D eigenvalue weighted by atomic mass is 10.0. The van der Waals surface area contributed by atoms with Crippen LogP contribution in [-0.2, 0) is 0 Å². The molecule has 0 aromatic heterocycles. The van der Waals surface area contributed by atoms with Crippen molar-refractivity contribution < 1.29 is 5.11 Å². The maximum atomic E-state index is 10.2. The van der Waals surface area contributed by atoms with Crippen molar-refractivity contribution in [3.63, 3.8) is 0 Å². The Bertz CT molecular complexity index is 369. The molecule has 0 aliphatic carbocycles. The van der Waals surface area contributed by atoms with Gasteiger partial charge >= 0.3 is 0 Å². The van der Waals surface area contributed by atoms with Crippen molar-refractivity contribution in [2.24, 2.45) is 0 Å². The van der Waals surface area contributed by atoms with Crippen LogP contribution in [0.2, 0.25) is 0 Å². The van der Waals surface area contributed by atoms with Crippen molar-refractivity contribution in [2.45, 2.75) is 44.8 Å². The third kappa shape index (κ3) is 4.58. The van der Waals surface area contributed by atoms with Gasteiger partial charge in [0.15, 0.2) is 0 Å². The number of piperazine rings is 1. The molecule has 1 heterocycles. The van der Waals surface area contributed by atoms with E-state index in [9.17, 15) is 5.11 Å². The summed E-state index contributed by atoms with van der Waals surface area (Å²) in [6.07, 6.45) is 4.32. The van der Waals surface area contributed by atoms with E-state index in [0.29, 0.717) is 6.04 Å². The van der Waals surface area contributed by atoms with Gasteiger partial charge in [0.2, 0.25) is 0 Å². The second-order valence-corrected chi connectivity index (χ2v) is 5.78. The van der Waals surface area contributed by atoms with E-state index in [0.717, 1.165) is 39.0 Å². The van der Waals surface area contributed by atoms with E-state index in [1.54, 1.807) is 0 Å². The molecule has 3 nitrogen and oxygen atoms in total. The van der Waals surface area contributed by atoms with E-state index >= 15 is 0 Å². The maximum Gasteiger partial charge on any atom is 0.0667 e. The molecule has 1 fully saturated rings. The van der Waals surface area contributed by atoms with Gasteiger partial charge in [0.25, 0.3) is 0 Å². The van der Waals surface area contributed by atoms with Gasteiger partial charge in [0.05, 0.1) is 6.10 Å². The molecule has 0 saturated carbocycles. The standard InChI is InChI=1S/C17H28N2O/c1-2-3-5-10-16(20)14-19-12-11-18-13-17(19)15-8-6-4-7-9-15/h4,6-9,16-18,20H,2-3,5,10-14H2,1H3. The highest BCUT2D eigenvalue weighted by molar-refractivity contribution is 5.20. The van der Waals surface area contributed by atoms with Crippen LogP contribution in [0, 0.1) is 0 Å². The summed E-state index contributed by atoms with van der Waals surface area (Å²) in [5.74, 6) is 0. The smallest absolute Gasteiger partial charge is 0.0667 e. The third-order valence-corrected chi connectivity index (χ3v) is 4.12. The minimum Gasteiger partial charge on any atom is -0.392 e. The fourth-order valence-electron chi connectivity index (χ4n) is 2.96. The Balaban J connectivity index is 1.90. The Morgan fingerprint density at radius 2 is 2.10 bits per heavy atom. The van der Waals surface area contributed by atoms with Gasteiger partial charge in [-0.2, -0.15) is 0 Å². The average Bonchev–Trinajstić information content (AvgIpc) is 2.49. The number of hydrogen-bond donors (Lipinski definition) is 2. The largest absolute Gasteiger partial charge is 0.392 e. The molecule has 1 aliphatic heterocycles. The van der Waals surface area contributed by atoms with Crippen LogP contribution in [0.1, 0.15) is 44.2 Å². The molecule has 2 unspecified atom stereocenters. The number of aliphatic hydroxyl groups is 1. The number of aliphatic hydroxyl groups excluding tert-OH is 1. The molecule has 3 heteroatoms. The second-order valence-electron chi connectivity index (χ2n) is 5.78. The number of nitrogens with one attached hydrogen (secondary N) is 1. The lowest BCUT2D eigenvalue weighted by Crippen LogP contribution is -2.48. The van der Waals surface area contributed by atoms with Crippen molar-refractivity contribution in [1.82, 2.24) is 10.2 Å². The molecule has 1 aliphatic rings. The summed E-state index contributed by atoms with van der Waals surface area (Å²) in [6, 6.07) is 11.0. The number of rotatable bonds is 7. The first-order valence-electron chi connectivity index (χ1n) is 7.99. The van der Waals surface area contributed by atoms with Crippen LogP contribution < -0.4 is 5.32 Å². The van der Waals surface area contributed by atoms with Crippen LogP contribution in [0.5, 0.6) is 0 Å². The molecule has 1 saturated heterocycles. The molecule has 20 heavy (non-hydrogen) atoms. The molecule has 2 atom stereocenters. The van der Waals surface area contributed by atoms with Gasteiger partial charge in [-0.05, 0) is 12.0 Å². The highest BCUT2D eigenvalue weighted by atomic mass is 16.3. The molecule has 0 amide bonds. The van der Waals surface area contributed by atoms with E-state index in [1.165, 1.54) is 18.4 Å². The van der Waals surface area contributed by atoms with E-state index < -0.39 is 0 Å². The first kappa shape index (κ1) is 15.5. The lowest BCUT2D eigenvalue weighted by molar-refractivity contribution is 0.0672. The Labute approximate surface area is 123 Å². The summed E-state index contributed by atoms with van der Waals surface area (Å²) < 4.78 is 0. The highest BCUT2D eigenvalue weighted by Crippen LogP contribution is 2.22. The van der Waals surface area contributed by atoms with Crippen LogP contribution in [0.25, 0.3) is 0 Å². The summed E-state index contributed by atoms with van der Waals surface area (Å²) in [7, 11) is 0. The summed E-state index contributed by atoms with van der Waals surface area (Å²) >= 11 is 0. The molecule has 1 aromatic carbocycles. The number of unbranched alkanes of at least 4 members (excludes halogenated alkanes) is 2. The van der Waals surface area contributed by atoms with Gasteiger partial charge in [-0.3, -0.25) is 4.90 Å². The zero-order valence-corrected chi connectivity index (χ0v) is 12.6. The molecule has 2 N–H and O–H groups in total. The van der Waals surface area contributed by atoms with Gasteiger partial charge in [0, 0.05) is 32.2 Å². The number of benzene rings is 1. The number of nitrogens with zero attached hydrogens (tertiary/aromatic N) is 1. The normalized spacial score (nSPS) is 21.8. The van der Waals surface area contributed by atoms with Crippen molar-refractivity contribution >= 4 is 0 Å². The van der Waals surface area contributed by atoms with Crippen molar-refractivity contribution in [1.29, 1.82) is 0 Å². The molecule has 0 spiro atoms. The quantitative estimate of drug-likeness (QED) is 0.751. The fourth-order valence-corrected chi connectivity index (χ4v) is 2.96. The minimum atomic E-state index is -0.189. The topological polar surface area (TPSA) is 35.5 Å². The minimum absolute atomic E-state index is 0.189. The first-order valence-corrected chi connectivity index (χ1v) is 7.99. The second kappa shape index (κ2) is 8.40. The molecule has 0 radical (unpaired) electrons. The maximum absolute atomic E-state index is 10.2. The summed E-state index contributed by atoms with van der Waals surface area (Å²) in [5.41, 5.74) is 1.35. The van der Waals surface area contributed by atoms with Gasteiger partial charge < -0.3 is 10.4 Å². The van der Waals surface area contributed by atoms with Crippen LogP contribution in [0.4, 0.5) is 0 Å². The summed E-state index contributed by atoms with van der Waals surface area (Å²) in [6.45, 7) is 6.01. The molecule has 112 valence electrons.